The Balaban J connectivity index is 3.03. The average Bonchev–Trinajstić information content (AvgIpc) is 2.05. The largest absolute Gasteiger partial charge is 0.351 e. The minimum Gasteiger partial charge on any atom is -0.351 e. The molecular weight excluding hydrogens is 150 g/mol. The van der Waals surface area contributed by atoms with Gasteiger partial charge in [0, 0.05) is 13.0 Å². The number of rotatable bonds is 7. The first-order valence-electron chi connectivity index (χ1n) is 4.92. The lowest BCUT2D eigenvalue weighted by atomic mass is 10.2. The maximum absolute atomic E-state index is 10.9. The molecule has 0 aromatic carbocycles. The van der Waals surface area contributed by atoms with Crippen LogP contribution in [0.5, 0.6) is 0 Å². The van der Waals surface area contributed by atoms with Gasteiger partial charge in [0.2, 0.25) is 5.91 Å². The Kier molecular flexibility index (Phi) is 8.19. The second-order valence-electron chi connectivity index (χ2n) is 3.02. The second-order valence-corrected chi connectivity index (χ2v) is 3.02. The number of amides is 1. The van der Waals surface area contributed by atoms with E-state index >= 15 is 0 Å². The highest BCUT2D eigenvalue weighted by Gasteiger charge is 1.96. The van der Waals surface area contributed by atoms with Crippen LogP contribution in [0.3, 0.4) is 0 Å². The number of hydrogen-bond donors (Lipinski definition) is 1. The van der Waals surface area contributed by atoms with Gasteiger partial charge in [-0.15, -0.1) is 0 Å². The maximum atomic E-state index is 10.9. The second kappa shape index (κ2) is 8.57. The minimum absolute atomic E-state index is 0.147. The average molecular weight is 170 g/mol. The molecule has 0 fully saturated rings. The zero-order chi connectivity index (χ0) is 9.23. The summed E-state index contributed by atoms with van der Waals surface area (Å²) >= 11 is 0. The summed E-state index contributed by atoms with van der Waals surface area (Å²) in [6.45, 7) is 6.07. The van der Waals surface area contributed by atoms with Crippen LogP contribution in [0, 0.1) is 6.54 Å². The molecule has 0 aromatic heterocycles. The fourth-order valence-corrected chi connectivity index (χ4v) is 0.982. The molecule has 0 saturated carbocycles. The molecule has 0 rings (SSSR count). The van der Waals surface area contributed by atoms with E-state index < -0.39 is 0 Å². The highest BCUT2D eigenvalue weighted by Crippen LogP contribution is 1.99. The summed E-state index contributed by atoms with van der Waals surface area (Å²) in [5.74, 6) is 0.147. The number of nitrogens with one attached hydrogen (secondary N) is 1. The molecule has 0 spiro atoms. The number of carbonyl (C=O) groups excluding carboxylic acids is 1. The van der Waals surface area contributed by atoms with Crippen molar-refractivity contribution in [1.82, 2.24) is 5.32 Å². The van der Waals surface area contributed by atoms with Crippen LogP contribution in [0.1, 0.15) is 52.4 Å². The van der Waals surface area contributed by atoms with Gasteiger partial charge in [0.25, 0.3) is 0 Å². The Morgan fingerprint density at radius 1 is 1.25 bits per heavy atom. The molecule has 2 nitrogen and oxygen atoms in total. The molecule has 2 heteroatoms. The van der Waals surface area contributed by atoms with Gasteiger partial charge in [0.15, 0.2) is 0 Å². The summed E-state index contributed by atoms with van der Waals surface area (Å²) in [5, 5.41) is 2.78. The van der Waals surface area contributed by atoms with Crippen molar-refractivity contribution in [2.75, 3.05) is 0 Å². The van der Waals surface area contributed by atoms with Gasteiger partial charge in [-0.05, 0) is 12.8 Å². The maximum Gasteiger partial charge on any atom is 0.220 e. The van der Waals surface area contributed by atoms with E-state index in [2.05, 4.69) is 12.2 Å². The van der Waals surface area contributed by atoms with Crippen LogP contribution in [0.4, 0.5) is 0 Å². The number of carbonyl (C=O) groups is 1. The molecule has 12 heavy (non-hydrogen) atoms. The van der Waals surface area contributed by atoms with Gasteiger partial charge in [0.1, 0.15) is 0 Å². The molecule has 1 radical (unpaired) electrons. The molecule has 0 bridgehead atoms. The molecule has 0 aliphatic rings. The van der Waals surface area contributed by atoms with Gasteiger partial charge in [-0.3, -0.25) is 4.79 Å². The van der Waals surface area contributed by atoms with Crippen LogP contribution in [-0.2, 0) is 4.79 Å². The van der Waals surface area contributed by atoms with Crippen molar-refractivity contribution in [1.29, 1.82) is 0 Å². The van der Waals surface area contributed by atoms with E-state index in [1.807, 2.05) is 13.5 Å². The summed E-state index contributed by atoms with van der Waals surface area (Å²) in [4.78, 5) is 10.9. The Morgan fingerprint density at radius 3 is 2.58 bits per heavy atom. The monoisotopic (exact) mass is 170 g/mol. The molecule has 0 unspecified atom stereocenters. The quantitative estimate of drug-likeness (QED) is 0.585. The Bertz CT molecular complexity index is 112. The Labute approximate surface area is 75.7 Å². The lowest BCUT2D eigenvalue weighted by molar-refractivity contribution is -0.120. The molecule has 0 saturated heterocycles. The van der Waals surface area contributed by atoms with E-state index in [0.29, 0.717) is 6.42 Å². The zero-order valence-electron chi connectivity index (χ0n) is 8.23. The van der Waals surface area contributed by atoms with Crippen LogP contribution in [0.25, 0.3) is 0 Å². The third-order valence-corrected chi connectivity index (χ3v) is 1.69. The molecule has 0 aliphatic heterocycles. The van der Waals surface area contributed by atoms with E-state index in [4.69, 9.17) is 0 Å². The molecular formula is C10H20NO. The predicted octanol–water partition coefficient (Wildman–Crippen LogP) is 2.64. The van der Waals surface area contributed by atoms with Gasteiger partial charge in [-0.1, -0.05) is 33.1 Å². The topological polar surface area (TPSA) is 29.1 Å². The fraction of sp³-hybridized carbons (Fsp3) is 0.800. The zero-order valence-corrected chi connectivity index (χ0v) is 8.23. The van der Waals surface area contributed by atoms with Crippen LogP contribution >= 0.6 is 0 Å². The SMILES string of the molecule is CCCCC[CH]NC(=O)CCC. The smallest absolute Gasteiger partial charge is 0.220 e. The van der Waals surface area contributed by atoms with Crippen LogP contribution < -0.4 is 5.32 Å². The lowest BCUT2D eigenvalue weighted by Gasteiger charge is -2.02. The number of unbranched alkanes of at least 4 members (excludes halogenated alkanes) is 3. The van der Waals surface area contributed by atoms with Crippen molar-refractivity contribution < 1.29 is 4.79 Å². The first kappa shape index (κ1) is 11.5. The van der Waals surface area contributed by atoms with Crippen molar-refractivity contribution in [2.45, 2.75) is 52.4 Å². The molecule has 1 N–H and O–H groups in total. The van der Waals surface area contributed by atoms with Crippen molar-refractivity contribution in [3.63, 3.8) is 0 Å². The van der Waals surface area contributed by atoms with E-state index in [1.54, 1.807) is 0 Å². The van der Waals surface area contributed by atoms with Crippen LogP contribution in [0.2, 0.25) is 0 Å². The van der Waals surface area contributed by atoms with E-state index in [-0.39, 0.29) is 5.91 Å². The minimum atomic E-state index is 0.147. The van der Waals surface area contributed by atoms with Gasteiger partial charge >= 0.3 is 0 Å². The molecule has 71 valence electrons. The summed E-state index contributed by atoms with van der Waals surface area (Å²) < 4.78 is 0. The Morgan fingerprint density at radius 2 is 2.00 bits per heavy atom. The van der Waals surface area contributed by atoms with Crippen molar-refractivity contribution in [2.24, 2.45) is 0 Å². The van der Waals surface area contributed by atoms with E-state index in [9.17, 15) is 4.79 Å². The predicted molar refractivity (Wildman–Crippen MR) is 51.5 cm³/mol. The van der Waals surface area contributed by atoms with Gasteiger partial charge in [0.05, 0.1) is 0 Å². The van der Waals surface area contributed by atoms with Crippen molar-refractivity contribution >= 4 is 5.91 Å². The molecule has 1 amide bonds. The highest BCUT2D eigenvalue weighted by atomic mass is 16.1. The van der Waals surface area contributed by atoms with Crippen LogP contribution in [0.15, 0.2) is 0 Å². The normalized spacial score (nSPS) is 9.83. The third kappa shape index (κ3) is 7.58. The molecule has 0 atom stereocenters. The molecule has 0 heterocycles. The summed E-state index contributed by atoms with van der Waals surface area (Å²) in [5.41, 5.74) is 0. The first-order valence-corrected chi connectivity index (χ1v) is 4.92. The van der Waals surface area contributed by atoms with Gasteiger partial charge in [-0.2, -0.15) is 0 Å². The lowest BCUT2D eigenvalue weighted by Crippen LogP contribution is -2.19. The van der Waals surface area contributed by atoms with Crippen LogP contribution in [-0.4, -0.2) is 5.91 Å². The van der Waals surface area contributed by atoms with Crippen molar-refractivity contribution in [3.8, 4) is 0 Å². The van der Waals surface area contributed by atoms with Gasteiger partial charge < -0.3 is 5.32 Å². The standard InChI is InChI=1S/C10H20NO/c1-3-5-6-7-9-11-10(12)8-4-2/h9H,3-8H2,1-2H3,(H,11,12). The number of hydrogen-bond acceptors (Lipinski definition) is 1. The fourth-order valence-electron chi connectivity index (χ4n) is 0.982. The first-order chi connectivity index (χ1) is 5.81. The van der Waals surface area contributed by atoms with Gasteiger partial charge in [-0.25, -0.2) is 0 Å². The molecule has 0 aliphatic carbocycles. The summed E-state index contributed by atoms with van der Waals surface area (Å²) in [6, 6.07) is 0. The summed E-state index contributed by atoms with van der Waals surface area (Å²) in [6.07, 6.45) is 6.24. The van der Waals surface area contributed by atoms with E-state index in [1.165, 1.54) is 19.3 Å². The highest BCUT2D eigenvalue weighted by molar-refractivity contribution is 5.76. The Hall–Kier alpha value is -0.530. The molecule has 0 aromatic rings. The van der Waals surface area contributed by atoms with E-state index in [0.717, 1.165) is 12.8 Å². The third-order valence-electron chi connectivity index (χ3n) is 1.69. The van der Waals surface area contributed by atoms with Crippen molar-refractivity contribution in [3.05, 3.63) is 6.54 Å². The summed E-state index contributed by atoms with van der Waals surface area (Å²) in [7, 11) is 0.